The molecule has 0 bridgehead atoms. The Morgan fingerprint density at radius 1 is 0.966 bits per heavy atom. The Morgan fingerprint density at radius 3 is 2.69 bits per heavy atom. The van der Waals surface area contributed by atoms with Crippen LogP contribution in [-0.2, 0) is 0 Å². The van der Waals surface area contributed by atoms with E-state index in [9.17, 15) is 4.79 Å². The highest BCUT2D eigenvalue weighted by Crippen LogP contribution is 2.32. The van der Waals surface area contributed by atoms with E-state index in [2.05, 4.69) is 30.9 Å². The van der Waals surface area contributed by atoms with Gasteiger partial charge in [0.1, 0.15) is 23.8 Å². The number of nitrogens with zero attached hydrogens (tertiary/aromatic N) is 3. The Labute approximate surface area is 167 Å². The van der Waals surface area contributed by atoms with Gasteiger partial charge in [-0.15, -0.1) is 0 Å². The summed E-state index contributed by atoms with van der Waals surface area (Å²) < 4.78 is 10.5. The molecule has 1 aliphatic rings. The average Bonchev–Trinajstić information content (AvgIpc) is 3.19. The minimum absolute atomic E-state index is 0.180. The molecule has 0 atom stereocenters. The summed E-state index contributed by atoms with van der Waals surface area (Å²) in [6, 6.07) is 10.7. The summed E-state index contributed by atoms with van der Waals surface area (Å²) in [5.41, 5.74) is 1.63. The lowest BCUT2D eigenvalue weighted by molar-refractivity contribution is 0.0954. The zero-order valence-corrected chi connectivity index (χ0v) is 15.8. The number of pyridine rings is 1. The van der Waals surface area contributed by atoms with E-state index in [-0.39, 0.29) is 12.7 Å². The highest BCUT2D eigenvalue weighted by atomic mass is 16.7. The van der Waals surface area contributed by atoms with E-state index < -0.39 is 0 Å². The van der Waals surface area contributed by atoms with Crippen molar-refractivity contribution in [3.8, 4) is 11.5 Å². The fourth-order valence-electron chi connectivity index (χ4n) is 2.76. The molecule has 1 amide bonds. The van der Waals surface area contributed by atoms with E-state index in [4.69, 9.17) is 9.47 Å². The van der Waals surface area contributed by atoms with Crippen LogP contribution in [0.15, 0.2) is 48.9 Å². The largest absolute Gasteiger partial charge is 0.454 e. The van der Waals surface area contributed by atoms with Gasteiger partial charge in [0.2, 0.25) is 6.79 Å². The first kappa shape index (κ1) is 18.5. The lowest BCUT2D eigenvalue weighted by Crippen LogP contribution is -2.28. The third-order valence-electron chi connectivity index (χ3n) is 4.19. The third kappa shape index (κ3) is 4.70. The molecule has 9 heteroatoms. The molecule has 0 saturated carbocycles. The number of anilines is 3. The SMILES string of the molecule is Cc1ccnc(Nc2cc(NCCNC(=O)c3ccc4c(c3)OCO4)ncn2)c1. The summed E-state index contributed by atoms with van der Waals surface area (Å²) in [5.74, 6) is 3.04. The molecule has 0 saturated heterocycles. The van der Waals surface area contributed by atoms with Crippen molar-refractivity contribution >= 4 is 23.4 Å². The van der Waals surface area contributed by atoms with Crippen molar-refractivity contribution in [2.24, 2.45) is 0 Å². The van der Waals surface area contributed by atoms with Crippen LogP contribution in [0.25, 0.3) is 0 Å². The van der Waals surface area contributed by atoms with Gasteiger partial charge in [-0.1, -0.05) is 0 Å². The number of rotatable bonds is 7. The number of carbonyl (C=O) groups excluding carboxylic acids is 1. The second-order valence-corrected chi connectivity index (χ2v) is 6.38. The van der Waals surface area contributed by atoms with Gasteiger partial charge in [-0.2, -0.15) is 0 Å². The molecule has 0 radical (unpaired) electrons. The molecule has 2 aromatic heterocycles. The van der Waals surface area contributed by atoms with E-state index in [1.807, 2.05) is 19.1 Å². The van der Waals surface area contributed by atoms with Crippen molar-refractivity contribution in [3.63, 3.8) is 0 Å². The maximum Gasteiger partial charge on any atom is 0.251 e. The van der Waals surface area contributed by atoms with Crippen LogP contribution in [0.4, 0.5) is 17.5 Å². The molecule has 1 aliphatic heterocycles. The molecule has 3 aromatic rings. The summed E-state index contributed by atoms with van der Waals surface area (Å²) in [5, 5.41) is 9.16. The number of aromatic nitrogens is 3. The second kappa shape index (κ2) is 8.42. The lowest BCUT2D eigenvalue weighted by atomic mass is 10.2. The topological polar surface area (TPSA) is 110 Å². The fraction of sp³-hybridized carbons (Fsp3) is 0.200. The predicted octanol–water partition coefficient (Wildman–Crippen LogP) is 2.49. The second-order valence-electron chi connectivity index (χ2n) is 6.38. The standard InChI is InChI=1S/C20H20N6O3/c1-13-4-5-21-18(8-13)26-19-10-17(24-11-25-19)22-6-7-23-20(27)14-2-3-15-16(9-14)29-12-28-15/h2-5,8-11H,6-7,12H2,1H3,(H,23,27)(H2,21,22,24,25,26). The number of hydrogen-bond acceptors (Lipinski definition) is 8. The van der Waals surface area contributed by atoms with Crippen LogP contribution in [0, 0.1) is 6.92 Å². The number of amides is 1. The van der Waals surface area contributed by atoms with E-state index in [0.717, 1.165) is 5.56 Å². The van der Waals surface area contributed by atoms with Gasteiger partial charge < -0.3 is 25.4 Å². The molecule has 0 fully saturated rings. The number of hydrogen-bond donors (Lipinski definition) is 3. The molecule has 0 aliphatic carbocycles. The summed E-state index contributed by atoms with van der Waals surface area (Å²) in [4.78, 5) is 24.9. The Balaban J connectivity index is 1.27. The minimum atomic E-state index is -0.180. The van der Waals surface area contributed by atoms with E-state index in [1.165, 1.54) is 6.33 Å². The molecule has 3 N–H and O–H groups in total. The van der Waals surface area contributed by atoms with Gasteiger partial charge >= 0.3 is 0 Å². The summed E-state index contributed by atoms with van der Waals surface area (Å²) >= 11 is 0. The van der Waals surface area contributed by atoms with Gasteiger partial charge in [0.15, 0.2) is 11.5 Å². The van der Waals surface area contributed by atoms with Crippen molar-refractivity contribution in [2.75, 3.05) is 30.5 Å². The molecule has 29 heavy (non-hydrogen) atoms. The zero-order chi connectivity index (χ0) is 20.1. The van der Waals surface area contributed by atoms with Crippen LogP contribution in [0.1, 0.15) is 15.9 Å². The van der Waals surface area contributed by atoms with Crippen molar-refractivity contribution in [1.82, 2.24) is 20.3 Å². The summed E-state index contributed by atoms with van der Waals surface area (Å²) in [6.07, 6.45) is 3.20. The van der Waals surface area contributed by atoms with Crippen LogP contribution in [0.3, 0.4) is 0 Å². The van der Waals surface area contributed by atoms with Gasteiger partial charge in [-0.25, -0.2) is 15.0 Å². The first-order valence-electron chi connectivity index (χ1n) is 9.11. The van der Waals surface area contributed by atoms with Gasteiger partial charge in [0.25, 0.3) is 5.91 Å². The number of carbonyl (C=O) groups is 1. The fourth-order valence-corrected chi connectivity index (χ4v) is 2.76. The lowest BCUT2D eigenvalue weighted by Gasteiger charge is -2.09. The zero-order valence-electron chi connectivity index (χ0n) is 15.8. The summed E-state index contributed by atoms with van der Waals surface area (Å²) in [7, 11) is 0. The van der Waals surface area contributed by atoms with Crippen molar-refractivity contribution in [2.45, 2.75) is 6.92 Å². The van der Waals surface area contributed by atoms with Crippen LogP contribution < -0.4 is 25.4 Å². The van der Waals surface area contributed by atoms with E-state index in [1.54, 1.807) is 30.5 Å². The van der Waals surface area contributed by atoms with Crippen LogP contribution >= 0.6 is 0 Å². The first-order valence-corrected chi connectivity index (χ1v) is 9.11. The number of ether oxygens (including phenoxy) is 2. The maximum absolute atomic E-state index is 12.3. The molecule has 9 nitrogen and oxygen atoms in total. The summed E-state index contributed by atoms with van der Waals surface area (Å²) in [6.45, 7) is 3.12. The number of fused-ring (bicyclic) bond motifs is 1. The van der Waals surface area contributed by atoms with Gasteiger partial charge in [-0.3, -0.25) is 4.79 Å². The number of aryl methyl sites for hydroxylation is 1. The number of nitrogens with one attached hydrogen (secondary N) is 3. The van der Waals surface area contributed by atoms with Crippen LogP contribution in [0.2, 0.25) is 0 Å². The van der Waals surface area contributed by atoms with Gasteiger partial charge in [0, 0.05) is 30.9 Å². The van der Waals surface area contributed by atoms with Gasteiger partial charge in [0.05, 0.1) is 0 Å². The monoisotopic (exact) mass is 392 g/mol. The smallest absolute Gasteiger partial charge is 0.251 e. The minimum Gasteiger partial charge on any atom is -0.454 e. The van der Waals surface area contributed by atoms with Gasteiger partial charge in [-0.05, 0) is 42.8 Å². The van der Waals surface area contributed by atoms with Crippen LogP contribution in [0.5, 0.6) is 11.5 Å². The highest BCUT2D eigenvalue weighted by Gasteiger charge is 2.15. The Bertz CT molecular complexity index is 1030. The predicted molar refractivity (Wildman–Crippen MR) is 108 cm³/mol. The highest BCUT2D eigenvalue weighted by molar-refractivity contribution is 5.94. The molecular weight excluding hydrogens is 372 g/mol. The molecule has 3 heterocycles. The third-order valence-corrected chi connectivity index (χ3v) is 4.19. The Hall–Kier alpha value is -3.88. The average molecular weight is 392 g/mol. The van der Waals surface area contributed by atoms with Crippen molar-refractivity contribution < 1.29 is 14.3 Å². The quantitative estimate of drug-likeness (QED) is 0.526. The Morgan fingerprint density at radius 2 is 1.79 bits per heavy atom. The molecule has 0 unspecified atom stereocenters. The molecule has 148 valence electrons. The Kier molecular flexibility index (Phi) is 5.37. The number of benzene rings is 1. The van der Waals surface area contributed by atoms with E-state index >= 15 is 0 Å². The molecular formula is C20H20N6O3. The molecule has 1 aromatic carbocycles. The molecule has 0 spiro atoms. The maximum atomic E-state index is 12.3. The normalized spacial score (nSPS) is 11.8. The van der Waals surface area contributed by atoms with Crippen molar-refractivity contribution in [1.29, 1.82) is 0 Å². The first-order chi connectivity index (χ1) is 14.2. The van der Waals surface area contributed by atoms with Crippen molar-refractivity contribution in [3.05, 3.63) is 60.0 Å². The van der Waals surface area contributed by atoms with Crippen LogP contribution in [-0.4, -0.2) is 40.7 Å². The molecule has 4 rings (SSSR count). The van der Waals surface area contributed by atoms with E-state index in [0.29, 0.717) is 47.6 Å².